The first-order valence-corrected chi connectivity index (χ1v) is 14.8. The molecule has 0 atom stereocenters. The third kappa shape index (κ3) is 7.23. The van der Waals surface area contributed by atoms with Crippen molar-refractivity contribution in [2.75, 3.05) is 26.4 Å². The van der Waals surface area contributed by atoms with Crippen LogP contribution < -0.4 is 9.47 Å². The van der Waals surface area contributed by atoms with Gasteiger partial charge in [-0.05, 0) is 48.5 Å². The number of fused-ring (bicyclic) bond motifs is 2. The average molecular weight is 683 g/mol. The quantitative estimate of drug-likeness (QED) is 0.0941. The minimum Gasteiger partial charge on any atom is -0.491 e. The number of nitrogens with one attached hydrogen (secondary N) is 2. The number of ether oxygens (including phenoxy) is 2. The molecule has 0 amide bonds. The van der Waals surface area contributed by atoms with Gasteiger partial charge in [-0.15, -0.1) is 0 Å². The van der Waals surface area contributed by atoms with E-state index in [1.165, 1.54) is 24.4 Å². The number of hydrogen-bond acceptors (Lipinski definition) is 6. The number of carboxylic acid groups (broad SMARTS) is 1. The van der Waals surface area contributed by atoms with Crippen molar-refractivity contribution < 1.29 is 43.2 Å². The molecule has 13 heteroatoms. The standard InChI is InChI=1S/C17H13ClFNO4.C17H13ClFNO3/c18-14-7-16-12(13(8-20-16)17(22)23)6-11(14)10-2-1-9(5-15(10)19)24-4-3-21;18-15-7-17-13(10(9-22)8-20-17)6-14(15)12-2-1-11(5-16(12)19)23-4-3-21/h1-2,5-8,20-21H,3-4H2,(H,22,23);1-2,5-9,20-21H,3-4H2. The van der Waals surface area contributed by atoms with Crippen molar-refractivity contribution in [1.82, 2.24) is 9.97 Å². The smallest absolute Gasteiger partial charge is 0.337 e. The molecule has 0 bridgehead atoms. The Balaban J connectivity index is 0.000000185. The summed E-state index contributed by atoms with van der Waals surface area (Å²) in [7, 11) is 0. The molecule has 0 aliphatic heterocycles. The first-order valence-electron chi connectivity index (χ1n) is 14.0. The number of aromatic nitrogens is 2. The number of carbonyl (C=O) groups excluding carboxylic acids is 1. The number of aromatic carboxylic acids is 1. The minimum atomic E-state index is -1.08. The Morgan fingerprint density at radius 3 is 1.68 bits per heavy atom. The Labute approximate surface area is 275 Å². The Kier molecular flexibility index (Phi) is 10.4. The monoisotopic (exact) mass is 682 g/mol. The average Bonchev–Trinajstić information content (AvgIpc) is 3.65. The highest BCUT2D eigenvalue weighted by Gasteiger charge is 2.17. The van der Waals surface area contributed by atoms with Crippen LogP contribution in [0.3, 0.4) is 0 Å². The summed E-state index contributed by atoms with van der Waals surface area (Å²) in [5.74, 6) is -1.52. The van der Waals surface area contributed by atoms with Crippen molar-refractivity contribution in [1.29, 1.82) is 0 Å². The van der Waals surface area contributed by atoms with Gasteiger partial charge >= 0.3 is 5.97 Å². The van der Waals surface area contributed by atoms with Crippen LogP contribution in [0.1, 0.15) is 20.7 Å². The predicted molar refractivity (Wildman–Crippen MR) is 175 cm³/mol. The van der Waals surface area contributed by atoms with Gasteiger partial charge < -0.3 is 34.8 Å². The number of hydrogen-bond donors (Lipinski definition) is 5. The predicted octanol–water partition coefficient (Wildman–Crippen LogP) is 7.51. The Morgan fingerprint density at radius 2 is 1.21 bits per heavy atom. The van der Waals surface area contributed by atoms with Crippen LogP contribution in [0.25, 0.3) is 44.1 Å². The minimum absolute atomic E-state index is 0.0663. The zero-order chi connectivity index (χ0) is 33.7. The van der Waals surface area contributed by atoms with Gasteiger partial charge in [0, 0.05) is 74.1 Å². The number of aliphatic hydroxyl groups is 2. The molecule has 0 fully saturated rings. The van der Waals surface area contributed by atoms with E-state index >= 15 is 0 Å². The number of aromatic amines is 2. The number of carboxylic acids is 1. The fourth-order valence-corrected chi connectivity index (χ4v) is 5.46. The lowest BCUT2D eigenvalue weighted by Gasteiger charge is -2.10. The highest BCUT2D eigenvalue weighted by atomic mass is 35.5. The molecule has 0 radical (unpaired) electrons. The molecule has 242 valence electrons. The van der Waals surface area contributed by atoms with E-state index in [1.807, 2.05) is 0 Å². The maximum atomic E-state index is 14.4. The van der Waals surface area contributed by atoms with E-state index in [0.29, 0.717) is 59.9 Å². The molecule has 4 aromatic carbocycles. The topological polar surface area (TPSA) is 145 Å². The highest BCUT2D eigenvalue weighted by Crippen LogP contribution is 2.37. The highest BCUT2D eigenvalue weighted by molar-refractivity contribution is 6.35. The van der Waals surface area contributed by atoms with Gasteiger partial charge in [-0.25, -0.2) is 13.6 Å². The lowest BCUT2D eigenvalue weighted by atomic mass is 10.0. The van der Waals surface area contributed by atoms with Crippen LogP contribution in [-0.4, -0.2) is 64.0 Å². The van der Waals surface area contributed by atoms with Crippen LogP contribution in [-0.2, 0) is 0 Å². The Morgan fingerprint density at radius 1 is 0.723 bits per heavy atom. The van der Waals surface area contributed by atoms with E-state index in [2.05, 4.69) is 9.97 Å². The molecule has 0 aliphatic rings. The molecule has 6 rings (SSSR count). The van der Waals surface area contributed by atoms with E-state index in [-0.39, 0.29) is 43.3 Å². The SMILES string of the molecule is O=C(O)c1c[nH]c2cc(Cl)c(-c3ccc(OCCO)cc3F)cc12.O=Cc1c[nH]c2cc(Cl)c(-c3ccc(OCCO)cc3F)cc12. The maximum absolute atomic E-state index is 14.4. The van der Waals surface area contributed by atoms with E-state index in [9.17, 15) is 23.5 Å². The third-order valence-electron chi connectivity index (χ3n) is 7.11. The van der Waals surface area contributed by atoms with Crippen LogP contribution in [0.5, 0.6) is 11.5 Å². The largest absolute Gasteiger partial charge is 0.491 e. The van der Waals surface area contributed by atoms with Gasteiger partial charge in [0.25, 0.3) is 0 Å². The van der Waals surface area contributed by atoms with Crippen molar-refractivity contribution in [2.24, 2.45) is 0 Å². The molecular weight excluding hydrogens is 657 g/mol. The summed E-state index contributed by atoms with van der Waals surface area (Å²) in [5, 5.41) is 28.5. The van der Waals surface area contributed by atoms with Crippen LogP contribution in [0.4, 0.5) is 8.78 Å². The molecule has 5 N–H and O–H groups in total. The Bertz CT molecular complexity index is 2090. The van der Waals surface area contributed by atoms with Crippen molar-refractivity contribution in [3.63, 3.8) is 0 Å². The number of carbonyl (C=O) groups is 2. The fourth-order valence-electron chi connectivity index (χ4n) is 4.93. The van der Waals surface area contributed by atoms with Gasteiger partial charge in [-0.3, -0.25) is 4.79 Å². The van der Waals surface area contributed by atoms with Gasteiger partial charge in [0.15, 0.2) is 6.29 Å². The lowest BCUT2D eigenvalue weighted by Crippen LogP contribution is -2.02. The molecule has 2 heterocycles. The van der Waals surface area contributed by atoms with E-state index in [4.69, 9.17) is 42.9 Å². The number of benzene rings is 4. The zero-order valence-corrected chi connectivity index (χ0v) is 25.8. The van der Waals surface area contributed by atoms with Crippen molar-refractivity contribution in [2.45, 2.75) is 0 Å². The van der Waals surface area contributed by atoms with E-state index in [1.54, 1.807) is 48.7 Å². The lowest BCUT2D eigenvalue weighted by molar-refractivity contribution is 0.0699. The molecule has 9 nitrogen and oxygen atoms in total. The van der Waals surface area contributed by atoms with Gasteiger partial charge in [0.2, 0.25) is 0 Å². The summed E-state index contributed by atoms with van der Waals surface area (Å²) in [6.07, 6.45) is 3.69. The molecule has 6 aromatic rings. The van der Waals surface area contributed by atoms with Gasteiger partial charge in [0.1, 0.15) is 36.3 Å². The summed E-state index contributed by atoms with van der Waals surface area (Å²) >= 11 is 12.5. The van der Waals surface area contributed by atoms with E-state index < -0.39 is 17.6 Å². The summed E-state index contributed by atoms with van der Waals surface area (Å²) in [5.41, 5.74) is 3.27. The summed E-state index contributed by atoms with van der Waals surface area (Å²) < 4.78 is 39.1. The van der Waals surface area contributed by atoms with Gasteiger partial charge in [-0.1, -0.05) is 23.2 Å². The van der Waals surface area contributed by atoms with Crippen LogP contribution in [0.2, 0.25) is 10.0 Å². The summed E-state index contributed by atoms with van der Waals surface area (Å²) in [4.78, 5) is 28.1. The third-order valence-corrected chi connectivity index (χ3v) is 7.74. The second-order valence-electron chi connectivity index (χ2n) is 10.1. The maximum Gasteiger partial charge on any atom is 0.337 e. The van der Waals surface area contributed by atoms with E-state index in [0.717, 1.165) is 6.29 Å². The van der Waals surface area contributed by atoms with Crippen LogP contribution in [0.15, 0.2) is 73.1 Å². The fraction of sp³-hybridized carbons (Fsp3) is 0.118. The normalized spacial score (nSPS) is 10.9. The number of halogens is 4. The van der Waals surface area contributed by atoms with Gasteiger partial charge in [-0.2, -0.15) is 0 Å². The number of H-pyrrole nitrogens is 2. The second-order valence-corrected chi connectivity index (χ2v) is 10.9. The molecule has 0 unspecified atom stereocenters. The van der Waals surface area contributed by atoms with Crippen molar-refractivity contribution in [3.05, 3.63) is 106 Å². The molecular formula is C34H26Cl2F2N2O7. The Hall–Kier alpha value is -4.94. The van der Waals surface area contributed by atoms with Crippen molar-refractivity contribution >= 4 is 57.3 Å². The molecule has 0 saturated carbocycles. The van der Waals surface area contributed by atoms with Crippen LogP contribution >= 0.6 is 23.2 Å². The molecule has 0 spiro atoms. The van der Waals surface area contributed by atoms with Gasteiger partial charge in [0.05, 0.1) is 28.8 Å². The molecule has 47 heavy (non-hydrogen) atoms. The molecule has 0 aliphatic carbocycles. The molecule has 2 aromatic heterocycles. The summed E-state index contributed by atoms with van der Waals surface area (Å²) in [6, 6.07) is 15.1. The second kappa shape index (κ2) is 14.7. The number of rotatable bonds is 10. The first kappa shape index (κ1) is 33.4. The first-order chi connectivity index (χ1) is 22.6. The zero-order valence-electron chi connectivity index (χ0n) is 24.3. The summed E-state index contributed by atoms with van der Waals surface area (Å²) in [6.45, 7) is -0.153. The number of aldehydes is 1. The van der Waals surface area contributed by atoms with Crippen molar-refractivity contribution in [3.8, 4) is 33.8 Å². The molecule has 0 saturated heterocycles. The van der Waals surface area contributed by atoms with Crippen LogP contribution in [0, 0.1) is 11.6 Å². The number of aliphatic hydroxyl groups excluding tert-OH is 2.